The van der Waals surface area contributed by atoms with Crippen LogP contribution in [-0.2, 0) is 5.41 Å². The van der Waals surface area contributed by atoms with Gasteiger partial charge in [-0.15, -0.1) is 0 Å². The molecule has 320 valence electrons. The molecule has 2 heteroatoms. The topological polar surface area (TPSA) is 26.3 Å². The minimum Gasteiger partial charge on any atom is -0.455 e. The molecule has 0 amide bonds. The average molecular weight is 877 g/mol. The minimum absolute atomic E-state index is 0.297. The molecule has 0 saturated carbocycles. The van der Waals surface area contributed by atoms with Gasteiger partial charge in [0.15, 0.2) is 0 Å². The number of rotatable bonds is 2. The average Bonchev–Trinajstić information content (AvgIpc) is 3.96. The molecule has 0 unspecified atom stereocenters. The lowest BCUT2D eigenvalue weighted by molar-refractivity contribution is 0.645. The summed E-state index contributed by atoms with van der Waals surface area (Å²) in [6.45, 7) is 4.81. The second-order valence-electron chi connectivity index (χ2n) is 19.9. The highest BCUT2D eigenvalue weighted by Gasteiger charge is 2.35. The Bertz CT molecular complexity index is 4810. The smallest absolute Gasteiger partial charge is 0.143 e. The van der Waals surface area contributed by atoms with E-state index in [0.29, 0.717) is 0 Å². The van der Waals surface area contributed by atoms with Gasteiger partial charge in [0, 0.05) is 38.1 Å². The van der Waals surface area contributed by atoms with Crippen molar-refractivity contribution in [1.82, 2.24) is 0 Å². The molecule has 0 aliphatic heterocycles. The lowest BCUT2D eigenvalue weighted by Gasteiger charge is -2.36. The molecule has 0 atom stereocenters. The summed E-state index contributed by atoms with van der Waals surface area (Å²) >= 11 is 0. The van der Waals surface area contributed by atoms with Crippen LogP contribution in [0.1, 0.15) is 25.0 Å². The summed E-state index contributed by atoms with van der Waals surface area (Å²) in [5.74, 6) is 0. The van der Waals surface area contributed by atoms with E-state index in [4.69, 9.17) is 8.83 Å². The first-order valence-corrected chi connectivity index (χ1v) is 24.1. The molecule has 0 spiro atoms. The van der Waals surface area contributed by atoms with Gasteiger partial charge in [0.25, 0.3) is 0 Å². The molecular weight excluding hydrogens is 837 g/mol. The van der Waals surface area contributed by atoms with Crippen LogP contribution >= 0.6 is 0 Å². The van der Waals surface area contributed by atoms with Crippen molar-refractivity contribution in [1.29, 1.82) is 0 Å². The maximum absolute atomic E-state index is 7.05. The Hall–Kier alpha value is -8.72. The second-order valence-corrected chi connectivity index (χ2v) is 19.9. The summed E-state index contributed by atoms with van der Waals surface area (Å²) in [5, 5.41) is 21.8. The normalized spacial score (nSPS) is 13.5. The fourth-order valence-electron chi connectivity index (χ4n) is 12.7. The Morgan fingerprint density at radius 1 is 0.275 bits per heavy atom. The van der Waals surface area contributed by atoms with Crippen molar-refractivity contribution >= 4 is 119 Å². The van der Waals surface area contributed by atoms with Gasteiger partial charge >= 0.3 is 0 Å². The van der Waals surface area contributed by atoms with Crippen molar-refractivity contribution in [3.63, 3.8) is 0 Å². The third kappa shape index (κ3) is 5.00. The van der Waals surface area contributed by atoms with Crippen LogP contribution in [0.3, 0.4) is 0 Å². The first-order valence-electron chi connectivity index (χ1n) is 24.1. The summed E-state index contributed by atoms with van der Waals surface area (Å²) in [5.41, 5.74) is 13.2. The molecule has 0 N–H and O–H groups in total. The van der Waals surface area contributed by atoms with Gasteiger partial charge in [-0.3, -0.25) is 0 Å². The standard InChI is InChI=1S/C67H40O2/c1-67(2)58-25-13-24-49-53-35-52(55-31-42-19-8-10-21-45(42)64-57-29-38-15-4-6-17-40(38)34-61(57)69-66(55)64)47-23-12-11-22-46(47)51(53)36-54(62(49)58)48-27-26-43(32-59(48)67)50-30-41-18-7-9-20-44(41)63-56-28-37-14-3-5-16-39(37)33-60(56)68-65(50)63/h3-36H,1-2H3. The van der Waals surface area contributed by atoms with E-state index >= 15 is 0 Å². The number of furan rings is 2. The van der Waals surface area contributed by atoms with Crippen molar-refractivity contribution in [2.24, 2.45) is 0 Å². The predicted molar refractivity (Wildman–Crippen MR) is 292 cm³/mol. The minimum atomic E-state index is -0.297. The zero-order valence-electron chi connectivity index (χ0n) is 37.9. The summed E-state index contributed by atoms with van der Waals surface area (Å²) < 4.78 is 14.0. The van der Waals surface area contributed by atoms with Crippen molar-refractivity contribution < 1.29 is 8.83 Å². The van der Waals surface area contributed by atoms with Crippen molar-refractivity contribution in [2.45, 2.75) is 19.3 Å². The van der Waals surface area contributed by atoms with Crippen LogP contribution in [0.25, 0.3) is 153 Å². The molecule has 1 aliphatic rings. The Labute approximate surface area is 396 Å². The molecule has 13 aromatic carbocycles. The summed E-state index contributed by atoms with van der Waals surface area (Å²) in [7, 11) is 0. The maximum Gasteiger partial charge on any atom is 0.143 e. The van der Waals surface area contributed by atoms with E-state index in [2.05, 4.69) is 220 Å². The molecule has 15 aromatic rings. The highest BCUT2D eigenvalue weighted by atomic mass is 16.3. The second kappa shape index (κ2) is 13.2. The lowest BCUT2D eigenvalue weighted by Crippen LogP contribution is -2.23. The quantitative estimate of drug-likeness (QED) is 0.162. The summed E-state index contributed by atoms with van der Waals surface area (Å²) in [4.78, 5) is 0. The van der Waals surface area contributed by atoms with Crippen molar-refractivity contribution in [2.75, 3.05) is 0 Å². The lowest BCUT2D eigenvalue weighted by atomic mass is 9.67. The number of benzene rings is 13. The van der Waals surface area contributed by atoms with Gasteiger partial charge in [-0.25, -0.2) is 0 Å². The van der Waals surface area contributed by atoms with Crippen molar-refractivity contribution in [3.05, 3.63) is 217 Å². The number of hydrogen-bond acceptors (Lipinski definition) is 2. The summed E-state index contributed by atoms with van der Waals surface area (Å²) in [6.07, 6.45) is 0. The van der Waals surface area contributed by atoms with Crippen molar-refractivity contribution in [3.8, 4) is 33.4 Å². The molecule has 0 saturated heterocycles. The van der Waals surface area contributed by atoms with Gasteiger partial charge in [0.2, 0.25) is 0 Å². The highest BCUT2D eigenvalue weighted by Crippen LogP contribution is 2.54. The Morgan fingerprint density at radius 3 is 1.41 bits per heavy atom. The summed E-state index contributed by atoms with van der Waals surface area (Å²) in [6, 6.07) is 76.5. The fraction of sp³-hybridized carbons (Fsp3) is 0.0448. The zero-order chi connectivity index (χ0) is 45.3. The largest absolute Gasteiger partial charge is 0.455 e. The molecule has 2 nitrogen and oxygen atoms in total. The molecular formula is C67H40O2. The SMILES string of the molecule is CC1(C)c2cc(-c3cc4ccccc4c4c3oc3cc5ccccc5cc34)ccc2-c2cc3c4ccccc4c(-c4cc5ccccc5c5c4oc4cc6ccccc6cc45)cc3c3cccc1c23. The maximum atomic E-state index is 7.05. The van der Waals surface area contributed by atoms with Gasteiger partial charge in [-0.2, -0.15) is 0 Å². The third-order valence-corrected chi connectivity index (χ3v) is 15.9. The first-order chi connectivity index (χ1) is 33.9. The zero-order valence-corrected chi connectivity index (χ0v) is 37.9. The van der Waals surface area contributed by atoms with E-state index in [1.165, 1.54) is 114 Å². The molecule has 69 heavy (non-hydrogen) atoms. The number of hydrogen-bond donors (Lipinski definition) is 0. The van der Waals surface area contributed by atoms with Crippen LogP contribution in [0.2, 0.25) is 0 Å². The number of fused-ring (bicyclic) bond motifs is 18. The van der Waals surface area contributed by atoms with Crippen LogP contribution in [0, 0.1) is 0 Å². The molecule has 0 fully saturated rings. The molecule has 2 aromatic heterocycles. The first kappa shape index (κ1) is 37.4. The Kier molecular flexibility index (Phi) is 7.18. The van der Waals surface area contributed by atoms with E-state index in [1.807, 2.05) is 0 Å². The predicted octanol–water partition coefficient (Wildman–Crippen LogP) is 19.2. The molecule has 16 rings (SSSR count). The fourth-order valence-corrected chi connectivity index (χ4v) is 12.7. The molecule has 1 aliphatic carbocycles. The third-order valence-electron chi connectivity index (χ3n) is 15.9. The van der Waals surface area contributed by atoms with E-state index < -0.39 is 0 Å². The van der Waals surface area contributed by atoms with E-state index in [-0.39, 0.29) is 5.41 Å². The highest BCUT2D eigenvalue weighted by molar-refractivity contribution is 6.29. The van der Waals surface area contributed by atoms with Gasteiger partial charge in [0.1, 0.15) is 22.3 Å². The Morgan fingerprint density at radius 2 is 0.768 bits per heavy atom. The van der Waals surface area contributed by atoms with Crippen LogP contribution in [0.4, 0.5) is 0 Å². The van der Waals surface area contributed by atoms with Gasteiger partial charge in [-0.1, -0.05) is 166 Å². The van der Waals surface area contributed by atoms with Gasteiger partial charge in [-0.05, 0) is 163 Å². The van der Waals surface area contributed by atoms with E-state index in [1.54, 1.807) is 0 Å². The Balaban J connectivity index is 0.948. The van der Waals surface area contributed by atoms with Crippen LogP contribution < -0.4 is 0 Å². The molecule has 0 bridgehead atoms. The monoisotopic (exact) mass is 876 g/mol. The van der Waals surface area contributed by atoms with Gasteiger partial charge in [0.05, 0.1) is 0 Å². The van der Waals surface area contributed by atoms with Crippen LogP contribution in [-0.4, -0.2) is 0 Å². The van der Waals surface area contributed by atoms with E-state index in [0.717, 1.165) is 49.8 Å². The van der Waals surface area contributed by atoms with Gasteiger partial charge < -0.3 is 8.83 Å². The molecule has 0 radical (unpaired) electrons. The molecule has 2 heterocycles. The van der Waals surface area contributed by atoms with E-state index in [9.17, 15) is 0 Å². The van der Waals surface area contributed by atoms with Crippen LogP contribution in [0.15, 0.2) is 215 Å². The van der Waals surface area contributed by atoms with Crippen LogP contribution in [0.5, 0.6) is 0 Å².